The molecule has 2 N–H and O–H groups in total. The molecule has 15 heavy (non-hydrogen) atoms. The fourth-order valence-corrected chi connectivity index (χ4v) is 0.904. The first-order chi connectivity index (χ1) is 7.18. The van der Waals surface area contributed by atoms with E-state index < -0.39 is 0 Å². The van der Waals surface area contributed by atoms with Crippen molar-refractivity contribution in [1.82, 2.24) is 0 Å². The molecule has 0 heterocycles. The van der Waals surface area contributed by atoms with E-state index in [0.29, 0.717) is 6.61 Å². The molecule has 0 aliphatic heterocycles. The molecule has 0 aliphatic rings. The van der Waals surface area contributed by atoms with Crippen molar-refractivity contribution in [2.75, 3.05) is 6.61 Å². The lowest BCUT2D eigenvalue weighted by molar-refractivity contribution is -0.118. The summed E-state index contributed by atoms with van der Waals surface area (Å²) in [4.78, 5) is 10.4. The molecule has 1 aromatic rings. The Morgan fingerprint density at radius 3 is 2.27 bits per heavy atom. The predicted molar refractivity (Wildman–Crippen MR) is 61.8 cm³/mol. The molecule has 1 amide bonds. The van der Waals surface area contributed by atoms with Gasteiger partial charge in [-0.1, -0.05) is 31.5 Å². The number of carbonyl (C=O) groups is 1. The van der Waals surface area contributed by atoms with Gasteiger partial charge in [0.05, 0.1) is 13.0 Å². The second-order valence-electron chi connectivity index (χ2n) is 2.88. The van der Waals surface area contributed by atoms with Gasteiger partial charge >= 0.3 is 0 Å². The van der Waals surface area contributed by atoms with Crippen LogP contribution in [0.15, 0.2) is 24.3 Å². The summed E-state index contributed by atoms with van der Waals surface area (Å²) in [6.45, 7) is 6.35. The molecule has 0 unspecified atom stereocenters. The fourth-order valence-electron chi connectivity index (χ4n) is 0.904. The second-order valence-corrected chi connectivity index (χ2v) is 2.88. The lowest BCUT2D eigenvalue weighted by atomic mass is 10.2. The minimum Gasteiger partial charge on any atom is -0.493 e. The van der Waals surface area contributed by atoms with Gasteiger partial charge in [0.2, 0.25) is 5.91 Å². The van der Waals surface area contributed by atoms with Crippen molar-refractivity contribution in [2.24, 2.45) is 5.73 Å². The monoisotopic (exact) mass is 209 g/mol. The van der Waals surface area contributed by atoms with Crippen LogP contribution in [0.3, 0.4) is 0 Å². The Bertz CT molecular complexity index is 280. The number of rotatable bonds is 4. The van der Waals surface area contributed by atoms with E-state index in [0.717, 1.165) is 5.75 Å². The highest BCUT2D eigenvalue weighted by molar-refractivity contribution is 5.73. The average molecular weight is 209 g/mol. The van der Waals surface area contributed by atoms with Crippen LogP contribution >= 0.6 is 0 Å². The normalized spacial score (nSPS) is 8.73. The maximum atomic E-state index is 10.4. The number of hydrogen-bond acceptors (Lipinski definition) is 2. The number of nitrogens with two attached hydrogens (primary N) is 1. The Kier molecular flexibility index (Phi) is 7.06. The largest absolute Gasteiger partial charge is 0.493 e. The van der Waals surface area contributed by atoms with E-state index in [2.05, 4.69) is 0 Å². The van der Waals surface area contributed by atoms with Crippen LogP contribution in [-0.2, 0) is 4.79 Å². The molecule has 0 radical (unpaired) electrons. The Morgan fingerprint density at radius 2 is 1.80 bits per heavy atom. The van der Waals surface area contributed by atoms with Crippen LogP contribution in [0.1, 0.15) is 25.8 Å². The van der Waals surface area contributed by atoms with Gasteiger partial charge in [0, 0.05) is 0 Å². The fraction of sp³-hybridized carbons (Fsp3) is 0.417. The predicted octanol–water partition coefficient (Wildman–Crippen LogP) is 2.28. The molecule has 84 valence electrons. The third-order valence-electron chi connectivity index (χ3n) is 1.64. The van der Waals surface area contributed by atoms with Crippen molar-refractivity contribution in [3.05, 3.63) is 29.8 Å². The SMILES string of the molecule is CC.Cc1ccc(OCCC(N)=O)cc1. The molecular formula is C12H19NO2. The Balaban J connectivity index is 0.000000921. The molecule has 1 rings (SSSR count). The third kappa shape index (κ3) is 6.55. The summed E-state index contributed by atoms with van der Waals surface area (Å²) in [7, 11) is 0. The molecule has 3 heteroatoms. The van der Waals surface area contributed by atoms with Crippen molar-refractivity contribution in [2.45, 2.75) is 27.2 Å². The van der Waals surface area contributed by atoms with Crippen LogP contribution in [-0.4, -0.2) is 12.5 Å². The summed E-state index contributed by atoms with van der Waals surface area (Å²) in [6, 6.07) is 7.66. The molecule has 0 bridgehead atoms. The standard InChI is InChI=1S/C10H13NO2.C2H6/c1-8-2-4-9(5-3-8)13-7-6-10(11)12;1-2/h2-5H,6-7H2,1H3,(H2,11,12);1-2H3. The van der Waals surface area contributed by atoms with Gasteiger partial charge in [-0.3, -0.25) is 4.79 Å². The number of ether oxygens (including phenoxy) is 1. The van der Waals surface area contributed by atoms with E-state index in [1.165, 1.54) is 5.56 Å². The van der Waals surface area contributed by atoms with E-state index in [1.54, 1.807) is 0 Å². The zero-order valence-electron chi connectivity index (χ0n) is 9.62. The molecule has 0 aromatic heterocycles. The third-order valence-corrected chi connectivity index (χ3v) is 1.64. The van der Waals surface area contributed by atoms with Crippen LogP contribution in [0.4, 0.5) is 0 Å². The number of aryl methyl sites for hydroxylation is 1. The van der Waals surface area contributed by atoms with Gasteiger partial charge in [0.25, 0.3) is 0 Å². The molecule has 0 spiro atoms. The van der Waals surface area contributed by atoms with Gasteiger partial charge < -0.3 is 10.5 Å². The Morgan fingerprint density at radius 1 is 1.27 bits per heavy atom. The molecule has 0 fully saturated rings. The number of amides is 1. The van der Waals surface area contributed by atoms with Crippen molar-refractivity contribution >= 4 is 5.91 Å². The summed E-state index contributed by atoms with van der Waals surface area (Å²) in [6.07, 6.45) is 0.258. The van der Waals surface area contributed by atoms with Gasteiger partial charge in [-0.15, -0.1) is 0 Å². The van der Waals surface area contributed by atoms with Gasteiger partial charge in [-0.05, 0) is 19.1 Å². The van der Waals surface area contributed by atoms with Crippen molar-refractivity contribution in [3.63, 3.8) is 0 Å². The molecule has 3 nitrogen and oxygen atoms in total. The summed E-state index contributed by atoms with van der Waals surface area (Å²) >= 11 is 0. The Hall–Kier alpha value is -1.51. The van der Waals surface area contributed by atoms with Gasteiger partial charge in [0.15, 0.2) is 0 Å². The van der Waals surface area contributed by atoms with E-state index in [9.17, 15) is 4.79 Å². The zero-order valence-corrected chi connectivity index (χ0v) is 9.62. The van der Waals surface area contributed by atoms with Crippen LogP contribution in [0.5, 0.6) is 5.75 Å². The van der Waals surface area contributed by atoms with E-state index >= 15 is 0 Å². The first-order valence-corrected chi connectivity index (χ1v) is 5.16. The molecule has 1 aromatic carbocycles. The maximum Gasteiger partial charge on any atom is 0.220 e. The van der Waals surface area contributed by atoms with Crippen molar-refractivity contribution < 1.29 is 9.53 Å². The summed E-state index contributed by atoms with van der Waals surface area (Å²) in [5, 5.41) is 0. The number of hydrogen-bond donors (Lipinski definition) is 1. The lowest BCUT2D eigenvalue weighted by Crippen LogP contribution is -2.14. The number of carbonyl (C=O) groups excluding carboxylic acids is 1. The quantitative estimate of drug-likeness (QED) is 0.827. The van der Waals surface area contributed by atoms with Gasteiger partial charge in [-0.25, -0.2) is 0 Å². The Labute approximate surface area is 91.2 Å². The molecule has 0 aliphatic carbocycles. The average Bonchev–Trinajstić information content (AvgIpc) is 2.23. The molecule has 0 saturated carbocycles. The van der Waals surface area contributed by atoms with Crippen molar-refractivity contribution in [1.29, 1.82) is 0 Å². The van der Waals surface area contributed by atoms with Crippen LogP contribution < -0.4 is 10.5 Å². The highest BCUT2D eigenvalue weighted by Crippen LogP contribution is 2.11. The van der Waals surface area contributed by atoms with Crippen molar-refractivity contribution in [3.8, 4) is 5.75 Å². The summed E-state index contributed by atoms with van der Waals surface area (Å²) in [5.74, 6) is 0.430. The molecule has 0 atom stereocenters. The molecule has 0 saturated heterocycles. The van der Waals surface area contributed by atoms with E-state index in [-0.39, 0.29) is 12.3 Å². The minimum atomic E-state index is -0.341. The number of primary amides is 1. The first kappa shape index (κ1) is 13.5. The second kappa shape index (κ2) is 7.85. The number of benzene rings is 1. The maximum absolute atomic E-state index is 10.4. The van der Waals surface area contributed by atoms with Crippen LogP contribution in [0, 0.1) is 6.92 Å². The topological polar surface area (TPSA) is 52.3 Å². The van der Waals surface area contributed by atoms with E-state index in [4.69, 9.17) is 10.5 Å². The minimum absolute atomic E-state index is 0.258. The van der Waals surface area contributed by atoms with Crippen LogP contribution in [0.25, 0.3) is 0 Å². The van der Waals surface area contributed by atoms with E-state index in [1.807, 2.05) is 45.0 Å². The van der Waals surface area contributed by atoms with Crippen LogP contribution in [0.2, 0.25) is 0 Å². The lowest BCUT2D eigenvalue weighted by Gasteiger charge is -2.04. The molecular weight excluding hydrogens is 190 g/mol. The highest BCUT2D eigenvalue weighted by Gasteiger charge is 1.95. The zero-order chi connectivity index (χ0) is 11.7. The summed E-state index contributed by atoms with van der Waals surface area (Å²) in [5.41, 5.74) is 6.14. The van der Waals surface area contributed by atoms with Gasteiger partial charge in [-0.2, -0.15) is 0 Å². The first-order valence-electron chi connectivity index (χ1n) is 5.16. The summed E-state index contributed by atoms with van der Waals surface area (Å²) < 4.78 is 5.27. The highest BCUT2D eigenvalue weighted by atomic mass is 16.5. The smallest absolute Gasteiger partial charge is 0.220 e. The van der Waals surface area contributed by atoms with Gasteiger partial charge in [0.1, 0.15) is 5.75 Å².